The quantitative estimate of drug-likeness (QED) is 0.914. The van der Waals surface area contributed by atoms with Crippen LogP contribution in [0.2, 0.25) is 0 Å². The molecule has 0 aromatic carbocycles. The Hall–Kier alpha value is -1.53. The van der Waals surface area contributed by atoms with Crippen molar-refractivity contribution in [2.24, 2.45) is 11.3 Å². The molecule has 3 aliphatic rings. The molecule has 3 saturated heterocycles. The third-order valence-electron chi connectivity index (χ3n) is 5.56. The zero-order valence-corrected chi connectivity index (χ0v) is 13.5. The van der Waals surface area contributed by atoms with Crippen LogP contribution in [0.25, 0.3) is 0 Å². The first kappa shape index (κ1) is 15.0. The van der Waals surface area contributed by atoms with Gasteiger partial charge in [0.25, 0.3) is 0 Å². The largest absolute Gasteiger partial charge is 0.472 e. The summed E-state index contributed by atoms with van der Waals surface area (Å²) in [5.74, 6) is 0.508. The lowest BCUT2D eigenvalue weighted by Gasteiger charge is -2.29. The van der Waals surface area contributed by atoms with Gasteiger partial charge in [0.05, 0.1) is 25.7 Å². The summed E-state index contributed by atoms with van der Waals surface area (Å²) in [5.41, 5.74) is 1.28. The molecule has 0 saturated carbocycles. The first-order valence-corrected chi connectivity index (χ1v) is 8.59. The standard InChI is InChI=1S/C17H25N3O3/c21-16(20-4-1-2-5-20)18-11-17-12-19(7-14-3-6-22-9-14)8-15(17)10-23-13-17/h3,6,9,15H,1-2,4-5,7-8,10-13H2,(H,18,21)/t15-,17+/m1/s1. The molecule has 3 fully saturated rings. The van der Waals surface area contributed by atoms with Gasteiger partial charge in [-0.2, -0.15) is 0 Å². The Balaban J connectivity index is 1.36. The van der Waals surface area contributed by atoms with Gasteiger partial charge in [-0.15, -0.1) is 0 Å². The number of fused-ring (bicyclic) bond motifs is 1. The molecular formula is C17H25N3O3. The number of hydrogen-bond donors (Lipinski definition) is 1. The monoisotopic (exact) mass is 319 g/mol. The molecule has 0 spiro atoms. The minimum atomic E-state index is 0.0686. The van der Waals surface area contributed by atoms with E-state index in [9.17, 15) is 4.79 Å². The van der Waals surface area contributed by atoms with E-state index in [4.69, 9.17) is 9.15 Å². The Morgan fingerprint density at radius 1 is 1.39 bits per heavy atom. The Kier molecular flexibility index (Phi) is 4.03. The van der Waals surface area contributed by atoms with Crippen LogP contribution in [0.5, 0.6) is 0 Å². The van der Waals surface area contributed by atoms with Crippen molar-refractivity contribution in [3.05, 3.63) is 24.2 Å². The van der Waals surface area contributed by atoms with E-state index in [-0.39, 0.29) is 11.4 Å². The van der Waals surface area contributed by atoms with E-state index < -0.39 is 0 Å². The molecule has 0 unspecified atom stereocenters. The zero-order valence-electron chi connectivity index (χ0n) is 13.5. The lowest BCUT2D eigenvalue weighted by atomic mass is 9.81. The van der Waals surface area contributed by atoms with E-state index in [2.05, 4.69) is 10.2 Å². The predicted molar refractivity (Wildman–Crippen MR) is 84.9 cm³/mol. The number of likely N-dealkylation sites (tertiary alicyclic amines) is 2. The number of ether oxygens (including phenoxy) is 1. The lowest BCUT2D eigenvalue weighted by molar-refractivity contribution is 0.125. The third kappa shape index (κ3) is 2.97. The van der Waals surface area contributed by atoms with E-state index in [1.54, 1.807) is 6.26 Å². The number of carbonyl (C=O) groups excluding carboxylic acids is 1. The highest BCUT2D eigenvalue weighted by atomic mass is 16.5. The van der Waals surface area contributed by atoms with Crippen molar-refractivity contribution < 1.29 is 13.9 Å². The summed E-state index contributed by atoms with van der Waals surface area (Å²) in [7, 11) is 0. The van der Waals surface area contributed by atoms with Crippen LogP contribution in [-0.4, -0.2) is 61.8 Å². The summed E-state index contributed by atoms with van der Waals surface area (Å²) in [6.45, 7) is 6.98. The normalized spacial score (nSPS) is 30.8. The first-order valence-electron chi connectivity index (χ1n) is 8.59. The second-order valence-corrected chi connectivity index (χ2v) is 7.23. The highest BCUT2D eigenvalue weighted by Crippen LogP contribution is 2.41. The number of furan rings is 1. The van der Waals surface area contributed by atoms with E-state index in [0.717, 1.165) is 65.3 Å². The molecule has 23 heavy (non-hydrogen) atoms. The van der Waals surface area contributed by atoms with Gasteiger partial charge in [0.2, 0.25) is 0 Å². The SMILES string of the molecule is O=C(NC[C@]12COC[C@H]1CN(Cc1ccoc1)C2)N1CCCC1. The number of hydrogen-bond acceptors (Lipinski definition) is 4. The number of amides is 2. The Morgan fingerprint density at radius 2 is 2.26 bits per heavy atom. The van der Waals surface area contributed by atoms with Crippen molar-refractivity contribution >= 4 is 6.03 Å². The van der Waals surface area contributed by atoms with E-state index in [1.807, 2.05) is 17.2 Å². The second-order valence-electron chi connectivity index (χ2n) is 7.23. The van der Waals surface area contributed by atoms with Crippen LogP contribution in [-0.2, 0) is 11.3 Å². The average molecular weight is 319 g/mol. The minimum Gasteiger partial charge on any atom is -0.472 e. The maximum absolute atomic E-state index is 12.3. The van der Waals surface area contributed by atoms with Crippen molar-refractivity contribution in [2.45, 2.75) is 19.4 Å². The van der Waals surface area contributed by atoms with Crippen LogP contribution in [0, 0.1) is 11.3 Å². The summed E-state index contributed by atoms with van der Waals surface area (Å²) in [6, 6.07) is 2.11. The van der Waals surface area contributed by atoms with Crippen LogP contribution in [0.1, 0.15) is 18.4 Å². The Morgan fingerprint density at radius 3 is 3.04 bits per heavy atom. The molecule has 0 bridgehead atoms. The number of urea groups is 1. The van der Waals surface area contributed by atoms with Gasteiger partial charge in [0.1, 0.15) is 0 Å². The van der Waals surface area contributed by atoms with Crippen molar-refractivity contribution in [1.82, 2.24) is 15.1 Å². The molecule has 6 heteroatoms. The molecular weight excluding hydrogens is 294 g/mol. The maximum atomic E-state index is 12.3. The maximum Gasteiger partial charge on any atom is 0.317 e. The fraction of sp³-hybridized carbons (Fsp3) is 0.706. The summed E-state index contributed by atoms with van der Waals surface area (Å²) in [6.07, 6.45) is 5.79. The molecule has 6 nitrogen and oxygen atoms in total. The number of nitrogens with one attached hydrogen (secondary N) is 1. The molecule has 0 radical (unpaired) electrons. The molecule has 4 heterocycles. The molecule has 1 aromatic heterocycles. The van der Waals surface area contributed by atoms with Gasteiger partial charge < -0.3 is 19.4 Å². The Labute approximate surface area is 136 Å². The Bertz CT molecular complexity index is 541. The summed E-state index contributed by atoms with van der Waals surface area (Å²) < 4.78 is 10.9. The zero-order chi connectivity index (χ0) is 15.7. The summed E-state index contributed by atoms with van der Waals surface area (Å²) >= 11 is 0. The van der Waals surface area contributed by atoms with Crippen molar-refractivity contribution in [3.8, 4) is 0 Å². The van der Waals surface area contributed by atoms with Gasteiger partial charge in [-0.1, -0.05) is 0 Å². The highest BCUT2D eigenvalue weighted by molar-refractivity contribution is 5.74. The molecule has 4 rings (SSSR count). The van der Waals surface area contributed by atoms with Crippen molar-refractivity contribution in [1.29, 1.82) is 0 Å². The summed E-state index contributed by atoms with van der Waals surface area (Å²) in [4.78, 5) is 16.7. The molecule has 126 valence electrons. The third-order valence-corrected chi connectivity index (χ3v) is 5.56. The fourth-order valence-electron chi connectivity index (χ4n) is 4.24. The van der Waals surface area contributed by atoms with E-state index >= 15 is 0 Å². The molecule has 1 N–H and O–H groups in total. The van der Waals surface area contributed by atoms with Crippen LogP contribution in [0.3, 0.4) is 0 Å². The topological polar surface area (TPSA) is 58.0 Å². The molecule has 2 atom stereocenters. The summed E-state index contributed by atoms with van der Waals surface area (Å²) in [5, 5.41) is 3.17. The van der Waals surface area contributed by atoms with Gasteiger partial charge in [0.15, 0.2) is 0 Å². The second kappa shape index (κ2) is 6.17. The van der Waals surface area contributed by atoms with Gasteiger partial charge in [-0.3, -0.25) is 4.90 Å². The average Bonchev–Trinajstić information content (AvgIpc) is 3.29. The van der Waals surface area contributed by atoms with Crippen LogP contribution < -0.4 is 5.32 Å². The van der Waals surface area contributed by atoms with Gasteiger partial charge in [-0.05, 0) is 18.9 Å². The molecule has 1 aromatic rings. The van der Waals surface area contributed by atoms with Crippen LogP contribution in [0.4, 0.5) is 4.79 Å². The number of rotatable bonds is 4. The van der Waals surface area contributed by atoms with Gasteiger partial charge in [0, 0.05) is 56.2 Å². The van der Waals surface area contributed by atoms with Crippen LogP contribution >= 0.6 is 0 Å². The minimum absolute atomic E-state index is 0.0686. The van der Waals surface area contributed by atoms with Gasteiger partial charge in [-0.25, -0.2) is 4.79 Å². The van der Waals surface area contributed by atoms with E-state index in [1.165, 1.54) is 5.56 Å². The number of carbonyl (C=O) groups is 1. The first-order chi connectivity index (χ1) is 11.3. The highest BCUT2D eigenvalue weighted by Gasteiger charge is 2.50. The lowest BCUT2D eigenvalue weighted by Crippen LogP contribution is -2.47. The van der Waals surface area contributed by atoms with Crippen LogP contribution in [0.15, 0.2) is 23.0 Å². The molecule has 3 aliphatic heterocycles. The van der Waals surface area contributed by atoms with E-state index in [0.29, 0.717) is 5.92 Å². The fourth-order valence-corrected chi connectivity index (χ4v) is 4.24. The van der Waals surface area contributed by atoms with Crippen molar-refractivity contribution in [2.75, 3.05) is 45.9 Å². The molecule has 2 amide bonds. The molecule has 0 aliphatic carbocycles. The smallest absolute Gasteiger partial charge is 0.317 e. The number of nitrogens with zero attached hydrogens (tertiary/aromatic N) is 2. The van der Waals surface area contributed by atoms with Crippen molar-refractivity contribution in [3.63, 3.8) is 0 Å². The predicted octanol–water partition coefficient (Wildman–Crippen LogP) is 1.53. The van der Waals surface area contributed by atoms with Gasteiger partial charge >= 0.3 is 6.03 Å².